The van der Waals surface area contributed by atoms with Gasteiger partial charge in [0.15, 0.2) is 11.5 Å². The maximum atomic E-state index is 10.5. The van der Waals surface area contributed by atoms with E-state index in [4.69, 9.17) is 4.74 Å². The van der Waals surface area contributed by atoms with Gasteiger partial charge in [0.2, 0.25) is 0 Å². The Morgan fingerprint density at radius 3 is 3.05 bits per heavy atom. The maximum absolute atomic E-state index is 10.5. The third-order valence-electron chi connectivity index (χ3n) is 6.56. The van der Waals surface area contributed by atoms with Crippen LogP contribution in [0.1, 0.15) is 30.4 Å². The molecule has 2 aliphatic carbocycles. The predicted octanol–water partition coefficient (Wildman–Crippen LogP) is 1.42. The maximum Gasteiger partial charge on any atom is 0.165 e. The van der Waals surface area contributed by atoms with Crippen molar-refractivity contribution in [1.82, 2.24) is 4.90 Å². The van der Waals surface area contributed by atoms with Crippen molar-refractivity contribution in [3.63, 3.8) is 0 Å². The Kier molecular flexibility index (Phi) is 2.19. The van der Waals surface area contributed by atoms with Gasteiger partial charge in [0.05, 0.1) is 6.10 Å². The monoisotopic (exact) mass is 287 g/mol. The lowest BCUT2D eigenvalue weighted by Gasteiger charge is -2.58. The zero-order valence-electron chi connectivity index (χ0n) is 12.2. The van der Waals surface area contributed by atoms with Crippen LogP contribution in [0.3, 0.4) is 0 Å². The van der Waals surface area contributed by atoms with Gasteiger partial charge in [-0.25, -0.2) is 0 Å². The van der Waals surface area contributed by atoms with Crippen LogP contribution in [0.4, 0.5) is 0 Å². The molecule has 1 aromatic carbocycles. The van der Waals surface area contributed by atoms with Crippen molar-refractivity contribution in [2.45, 2.75) is 49.3 Å². The van der Waals surface area contributed by atoms with Crippen LogP contribution in [0, 0.1) is 5.92 Å². The van der Waals surface area contributed by atoms with Crippen LogP contribution in [0.5, 0.6) is 11.5 Å². The van der Waals surface area contributed by atoms with Crippen LogP contribution in [-0.4, -0.2) is 47.0 Å². The normalized spacial score (nSPS) is 43.3. The number of likely N-dealkylation sites (N-methyl/N-ethyl adjacent to an activating group) is 1. The van der Waals surface area contributed by atoms with Gasteiger partial charge in [-0.05, 0) is 56.8 Å². The molecule has 5 atom stereocenters. The number of likely N-dealkylation sites (tertiary alicyclic amines) is 1. The number of rotatable bonds is 0. The van der Waals surface area contributed by atoms with E-state index in [1.54, 1.807) is 6.07 Å². The first-order chi connectivity index (χ1) is 10.1. The van der Waals surface area contributed by atoms with E-state index in [1.807, 2.05) is 0 Å². The molecule has 1 saturated carbocycles. The Morgan fingerprint density at radius 2 is 2.19 bits per heavy atom. The molecule has 2 heterocycles. The predicted molar refractivity (Wildman–Crippen MR) is 77.7 cm³/mol. The zero-order chi connectivity index (χ0) is 14.4. The largest absolute Gasteiger partial charge is 0.504 e. The van der Waals surface area contributed by atoms with Crippen LogP contribution in [0.25, 0.3) is 0 Å². The van der Waals surface area contributed by atoms with Crippen molar-refractivity contribution in [1.29, 1.82) is 0 Å². The first kappa shape index (κ1) is 12.3. The summed E-state index contributed by atoms with van der Waals surface area (Å²) in [7, 11) is 2.22. The highest BCUT2D eigenvalue weighted by Crippen LogP contribution is 2.63. The number of aromatic hydroxyl groups is 1. The lowest BCUT2D eigenvalue weighted by molar-refractivity contribution is -0.0993. The Bertz CT molecular complexity index is 631. The van der Waals surface area contributed by atoms with Crippen LogP contribution in [0.2, 0.25) is 0 Å². The lowest BCUT2D eigenvalue weighted by Crippen LogP contribution is -2.66. The van der Waals surface area contributed by atoms with Crippen LogP contribution in [0.15, 0.2) is 12.1 Å². The zero-order valence-corrected chi connectivity index (χ0v) is 12.2. The summed E-state index contributed by atoms with van der Waals surface area (Å²) >= 11 is 0. The van der Waals surface area contributed by atoms with Crippen molar-refractivity contribution in [3.8, 4) is 11.5 Å². The molecule has 1 spiro atoms. The van der Waals surface area contributed by atoms with Gasteiger partial charge >= 0.3 is 0 Å². The van der Waals surface area contributed by atoms with Crippen LogP contribution < -0.4 is 4.74 Å². The van der Waals surface area contributed by atoms with Gasteiger partial charge in [-0.1, -0.05) is 6.07 Å². The summed E-state index contributed by atoms with van der Waals surface area (Å²) in [5.41, 5.74) is 2.46. The standard InChI is InChI=1S/C17H21NO3/c1-18-7-6-17-10-3-5-13(20)16(17)21-15-12(19)4-2-9(14(15)17)8-11(10)18/h2,4,10-11,13,16,19-20H,3,5-8H2,1H3/t10-,11?,13+,16-,17?/m0/s1. The molecular weight excluding hydrogens is 266 g/mol. The molecular formula is C17H21NO3. The molecule has 112 valence electrons. The number of hydrogen-bond donors (Lipinski definition) is 2. The molecule has 0 amide bonds. The Labute approximate surface area is 124 Å². The third kappa shape index (κ3) is 1.25. The molecule has 21 heavy (non-hydrogen) atoms. The number of nitrogens with zero attached hydrogens (tertiary/aromatic N) is 1. The summed E-state index contributed by atoms with van der Waals surface area (Å²) < 4.78 is 6.14. The number of phenols is 1. The van der Waals surface area contributed by atoms with Gasteiger partial charge in [0, 0.05) is 17.0 Å². The van der Waals surface area contributed by atoms with E-state index in [9.17, 15) is 10.2 Å². The Morgan fingerprint density at radius 1 is 1.33 bits per heavy atom. The van der Waals surface area contributed by atoms with Gasteiger partial charge in [0.25, 0.3) is 0 Å². The number of piperidine rings is 1. The van der Waals surface area contributed by atoms with Crippen molar-refractivity contribution in [3.05, 3.63) is 23.3 Å². The van der Waals surface area contributed by atoms with E-state index < -0.39 is 6.10 Å². The topological polar surface area (TPSA) is 52.9 Å². The molecule has 2 unspecified atom stereocenters. The highest BCUT2D eigenvalue weighted by atomic mass is 16.5. The van der Waals surface area contributed by atoms with Gasteiger partial charge in [-0.15, -0.1) is 0 Å². The van der Waals surface area contributed by atoms with E-state index in [0.717, 1.165) is 32.2 Å². The van der Waals surface area contributed by atoms with E-state index in [2.05, 4.69) is 18.0 Å². The van der Waals surface area contributed by atoms with E-state index in [0.29, 0.717) is 17.7 Å². The Balaban J connectivity index is 1.81. The van der Waals surface area contributed by atoms with Crippen LogP contribution >= 0.6 is 0 Å². The fourth-order valence-corrected chi connectivity index (χ4v) is 5.71. The molecule has 2 aliphatic heterocycles. The van der Waals surface area contributed by atoms with Gasteiger partial charge in [0.1, 0.15) is 6.10 Å². The SMILES string of the molecule is CN1CCC23c4c5ccc(O)c4O[C@H]2[C@H](O)CC[C@H]3C1C5. The summed E-state index contributed by atoms with van der Waals surface area (Å²) in [6.45, 7) is 1.04. The highest BCUT2D eigenvalue weighted by molar-refractivity contribution is 5.60. The molecule has 0 aromatic heterocycles. The van der Waals surface area contributed by atoms with Gasteiger partial charge < -0.3 is 19.8 Å². The average molecular weight is 287 g/mol. The molecule has 1 saturated heterocycles. The average Bonchev–Trinajstić information content (AvgIpc) is 2.83. The summed E-state index contributed by atoms with van der Waals surface area (Å²) in [4.78, 5) is 2.48. The first-order valence-electron chi connectivity index (χ1n) is 8.03. The van der Waals surface area contributed by atoms with Gasteiger partial charge in [-0.2, -0.15) is 0 Å². The van der Waals surface area contributed by atoms with E-state index in [1.165, 1.54) is 11.1 Å². The number of aliphatic hydroxyl groups excluding tert-OH is 1. The summed E-state index contributed by atoms with van der Waals surface area (Å²) in [5.74, 6) is 1.44. The molecule has 0 radical (unpaired) electrons. The fourth-order valence-electron chi connectivity index (χ4n) is 5.71. The minimum Gasteiger partial charge on any atom is -0.504 e. The van der Waals surface area contributed by atoms with Crippen molar-refractivity contribution < 1.29 is 14.9 Å². The smallest absolute Gasteiger partial charge is 0.165 e. The highest BCUT2D eigenvalue weighted by Gasteiger charge is 2.65. The second kappa shape index (κ2) is 3.73. The molecule has 4 nitrogen and oxygen atoms in total. The van der Waals surface area contributed by atoms with E-state index >= 15 is 0 Å². The lowest BCUT2D eigenvalue weighted by atomic mass is 9.51. The molecule has 2 bridgehead atoms. The van der Waals surface area contributed by atoms with Gasteiger partial charge in [-0.3, -0.25) is 0 Å². The molecule has 2 fully saturated rings. The minimum absolute atomic E-state index is 0.0729. The number of aliphatic hydroxyl groups is 1. The fraction of sp³-hybridized carbons (Fsp3) is 0.647. The number of phenolic OH excluding ortho intramolecular Hbond substituents is 1. The Hall–Kier alpha value is -1.26. The molecule has 1 aromatic rings. The molecule has 4 aliphatic rings. The minimum atomic E-state index is -0.414. The van der Waals surface area contributed by atoms with Crippen molar-refractivity contribution in [2.75, 3.05) is 13.6 Å². The first-order valence-corrected chi connectivity index (χ1v) is 8.03. The summed E-state index contributed by atoms with van der Waals surface area (Å²) in [5, 5.41) is 20.8. The van der Waals surface area contributed by atoms with Crippen molar-refractivity contribution in [2.24, 2.45) is 5.92 Å². The third-order valence-corrected chi connectivity index (χ3v) is 6.56. The number of ether oxygens (including phenoxy) is 1. The molecule has 2 N–H and O–H groups in total. The molecule has 4 heteroatoms. The molecule has 5 rings (SSSR count). The van der Waals surface area contributed by atoms with Crippen molar-refractivity contribution >= 4 is 0 Å². The second-order valence-electron chi connectivity index (χ2n) is 7.28. The number of hydrogen-bond acceptors (Lipinski definition) is 4. The second-order valence-corrected chi connectivity index (χ2v) is 7.28. The quantitative estimate of drug-likeness (QED) is 0.758. The number of benzene rings is 1. The summed E-state index contributed by atoms with van der Waals surface area (Å²) in [6, 6.07) is 4.36. The summed E-state index contributed by atoms with van der Waals surface area (Å²) in [6.07, 6.45) is 3.35. The van der Waals surface area contributed by atoms with E-state index in [-0.39, 0.29) is 17.3 Å². The van der Waals surface area contributed by atoms with Crippen LogP contribution in [-0.2, 0) is 11.8 Å².